The fraction of sp³-hybridized carbons (Fsp3) is 0.500. The highest BCUT2D eigenvalue weighted by molar-refractivity contribution is 5.85. The average molecular weight is 327 g/mol. The van der Waals surface area contributed by atoms with E-state index >= 15 is 0 Å². The van der Waals surface area contributed by atoms with Crippen molar-refractivity contribution >= 4 is 18.3 Å². The van der Waals surface area contributed by atoms with Gasteiger partial charge in [0.05, 0.1) is 6.26 Å². The molecule has 8 heteroatoms. The predicted molar refractivity (Wildman–Crippen MR) is 81.6 cm³/mol. The van der Waals surface area contributed by atoms with Crippen LogP contribution in [-0.2, 0) is 11.2 Å². The minimum absolute atomic E-state index is 0. The first kappa shape index (κ1) is 16.5. The molecule has 0 aliphatic carbocycles. The predicted octanol–water partition coefficient (Wildman–Crippen LogP) is 1.50. The van der Waals surface area contributed by atoms with E-state index in [1.165, 1.54) is 0 Å². The minimum atomic E-state index is 0. The lowest BCUT2D eigenvalue weighted by Gasteiger charge is -2.34. The highest BCUT2D eigenvalue weighted by Gasteiger charge is 2.23. The molecule has 1 aliphatic heterocycles. The summed E-state index contributed by atoms with van der Waals surface area (Å²) >= 11 is 0. The number of hydrogen-bond donors (Lipinski definition) is 1. The third-order valence-corrected chi connectivity index (χ3v) is 3.58. The second kappa shape index (κ2) is 7.42. The van der Waals surface area contributed by atoms with E-state index in [9.17, 15) is 4.79 Å². The van der Waals surface area contributed by atoms with Gasteiger partial charge in [-0.25, -0.2) is 0 Å². The van der Waals surface area contributed by atoms with Crippen molar-refractivity contribution in [2.75, 3.05) is 19.6 Å². The molecule has 0 bridgehead atoms. The van der Waals surface area contributed by atoms with E-state index in [4.69, 9.17) is 8.94 Å². The molecular weight excluding hydrogens is 308 g/mol. The van der Waals surface area contributed by atoms with Crippen molar-refractivity contribution < 1.29 is 13.7 Å². The molecular formula is C14H19ClN4O3. The standard InChI is InChI=1S/C14H18N4O3.ClH/c1-10-9-15-6-7-18(10)13(19)5-4-12-16-14(17-21-12)11-3-2-8-20-11;/h2-3,8,10,15H,4-7,9H2,1H3;1H. The molecule has 2 aromatic heterocycles. The Morgan fingerprint density at radius 1 is 1.55 bits per heavy atom. The number of amides is 1. The second-order valence-corrected chi connectivity index (χ2v) is 5.13. The molecule has 7 nitrogen and oxygen atoms in total. The number of nitrogens with one attached hydrogen (secondary N) is 1. The van der Waals surface area contributed by atoms with E-state index in [0.29, 0.717) is 30.3 Å². The Morgan fingerprint density at radius 3 is 3.14 bits per heavy atom. The zero-order chi connectivity index (χ0) is 14.7. The minimum Gasteiger partial charge on any atom is -0.461 e. The van der Waals surface area contributed by atoms with Crippen LogP contribution in [0.1, 0.15) is 19.2 Å². The molecule has 1 N–H and O–H groups in total. The number of carbonyl (C=O) groups excluding carboxylic acids is 1. The number of aromatic nitrogens is 2. The summed E-state index contributed by atoms with van der Waals surface area (Å²) in [5, 5.41) is 7.12. The van der Waals surface area contributed by atoms with E-state index in [0.717, 1.165) is 19.6 Å². The fourth-order valence-electron chi connectivity index (χ4n) is 2.43. The van der Waals surface area contributed by atoms with Gasteiger partial charge >= 0.3 is 0 Å². The molecule has 1 fully saturated rings. The molecule has 1 atom stereocenters. The first-order valence-electron chi connectivity index (χ1n) is 7.10. The molecule has 0 spiro atoms. The quantitative estimate of drug-likeness (QED) is 0.916. The van der Waals surface area contributed by atoms with Crippen LogP contribution >= 0.6 is 12.4 Å². The Hall–Kier alpha value is -1.86. The number of hydrogen-bond acceptors (Lipinski definition) is 6. The maximum absolute atomic E-state index is 12.2. The SMILES string of the molecule is CC1CNCCN1C(=O)CCc1nc(-c2ccco2)no1.Cl. The summed E-state index contributed by atoms with van der Waals surface area (Å²) in [6.07, 6.45) is 2.38. The van der Waals surface area contributed by atoms with Gasteiger partial charge in [0, 0.05) is 38.5 Å². The summed E-state index contributed by atoms with van der Waals surface area (Å²) in [6, 6.07) is 3.76. The molecule has 120 valence electrons. The molecule has 2 aromatic rings. The number of aryl methyl sites for hydroxylation is 1. The molecule has 0 aromatic carbocycles. The molecule has 0 saturated carbocycles. The van der Waals surface area contributed by atoms with Gasteiger partial charge in [-0.2, -0.15) is 4.98 Å². The number of halogens is 1. The van der Waals surface area contributed by atoms with Crippen LogP contribution in [0.15, 0.2) is 27.3 Å². The summed E-state index contributed by atoms with van der Waals surface area (Å²) in [4.78, 5) is 18.3. The van der Waals surface area contributed by atoms with Crippen LogP contribution in [0.5, 0.6) is 0 Å². The van der Waals surface area contributed by atoms with Gasteiger partial charge in [0.15, 0.2) is 5.76 Å². The lowest BCUT2D eigenvalue weighted by Crippen LogP contribution is -2.52. The summed E-state index contributed by atoms with van der Waals surface area (Å²) in [6.45, 7) is 4.49. The van der Waals surface area contributed by atoms with Crippen LogP contribution in [0.25, 0.3) is 11.6 Å². The topological polar surface area (TPSA) is 84.4 Å². The largest absolute Gasteiger partial charge is 0.461 e. The van der Waals surface area contributed by atoms with Crippen molar-refractivity contribution in [3.05, 3.63) is 24.3 Å². The van der Waals surface area contributed by atoms with Crippen LogP contribution in [0.2, 0.25) is 0 Å². The zero-order valence-electron chi connectivity index (χ0n) is 12.3. The van der Waals surface area contributed by atoms with Crippen molar-refractivity contribution in [3.8, 4) is 11.6 Å². The summed E-state index contributed by atoms with van der Waals surface area (Å²) in [7, 11) is 0. The number of nitrogens with zero attached hydrogens (tertiary/aromatic N) is 3. The Morgan fingerprint density at radius 2 is 2.41 bits per heavy atom. The summed E-state index contributed by atoms with van der Waals surface area (Å²) < 4.78 is 10.3. The normalized spacial score (nSPS) is 18.0. The van der Waals surface area contributed by atoms with Gasteiger partial charge in [0.25, 0.3) is 0 Å². The number of rotatable bonds is 4. The average Bonchev–Trinajstić information content (AvgIpc) is 3.16. The van der Waals surface area contributed by atoms with Gasteiger partial charge in [-0.05, 0) is 19.1 Å². The van der Waals surface area contributed by atoms with Crippen LogP contribution in [0, 0.1) is 0 Å². The van der Waals surface area contributed by atoms with E-state index < -0.39 is 0 Å². The molecule has 1 aliphatic rings. The molecule has 3 heterocycles. The molecule has 3 rings (SSSR count). The van der Waals surface area contributed by atoms with Gasteiger partial charge in [0.2, 0.25) is 17.6 Å². The molecule has 1 unspecified atom stereocenters. The Bertz CT molecular complexity index is 599. The van der Waals surface area contributed by atoms with Crippen molar-refractivity contribution in [1.82, 2.24) is 20.4 Å². The van der Waals surface area contributed by atoms with Crippen molar-refractivity contribution in [2.24, 2.45) is 0 Å². The third-order valence-electron chi connectivity index (χ3n) is 3.58. The summed E-state index contributed by atoms with van der Waals surface area (Å²) in [5.41, 5.74) is 0. The van der Waals surface area contributed by atoms with Crippen LogP contribution in [-0.4, -0.2) is 46.6 Å². The van der Waals surface area contributed by atoms with Crippen molar-refractivity contribution in [3.63, 3.8) is 0 Å². The van der Waals surface area contributed by atoms with Gasteiger partial charge in [-0.3, -0.25) is 4.79 Å². The Labute approximate surface area is 134 Å². The number of carbonyl (C=O) groups is 1. The van der Waals surface area contributed by atoms with Gasteiger partial charge < -0.3 is 19.2 Å². The lowest BCUT2D eigenvalue weighted by molar-refractivity contribution is -0.134. The maximum atomic E-state index is 12.2. The lowest BCUT2D eigenvalue weighted by atomic mass is 10.2. The molecule has 1 saturated heterocycles. The van der Waals surface area contributed by atoms with Gasteiger partial charge in [-0.15, -0.1) is 12.4 Å². The monoisotopic (exact) mass is 326 g/mol. The smallest absolute Gasteiger partial charge is 0.238 e. The number of piperazine rings is 1. The Kier molecular flexibility index (Phi) is 5.57. The van der Waals surface area contributed by atoms with Crippen molar-refractivity contribution in [1.29, 1.82) is 0 Å². The van der Waals surface area contributed by atoms with Crippen LogP contribution in [0.4, 0.5) is 0 Å². The van der Waals surface area contributed by atoms with E-state index in [1.807, 2.05) is 11.8 Å². The molecule has 0 radical (unpaired) electrons. The highest BCUT2D eigenvalue weighted by atomic mass is 35.5. The highest BCUT2D eigenvalue weighted by Crippen LogP contribution is 2.16. The van der Waals surface area contributed by atoms with Crippen LogP contribution in [0.3, 0.4) is 0 Å². The maximum Gasteiger partial charge on any atom is 0.238 e. The Balaban J connectivity index is 0.00000176. The van der Waals surface area contributed by atoms with Gasteiger partial charge in [-0.1, -0.05) is 5.16 Å². The van der Waals surface area contributed by atoms with Crippen LogP contribution < -0.4 is 5.32 Å². The van der Waals surface area contributed by atoms with Gasteiger partial charge in [0.1, 0.15) is 0 Å². The fourth-order valence-corrected chi connectivity index (χ4v) is 2.43. The third kappa shape index (κ3) is 3.66. The van der Waals surface area contributed by atoms with E-state index in [2.05, 4.69) is 15.5 Å². The number of furan rings is 1. The second-order valence-electron chi connectivity index (χ2n) is 5.13. The zero-order valence-corrected chi connectivity index (χ0v) is 13.1. The first-order valence-corrected chi connectivity index (χ1v) is 7.10. The first-order chi connectivity index (χ1) is 10.2. The van der Waals surface area contributed by atoms with E-state index in [-0.39, 0.29) is 24.4 Å². The van der Waals surface area contributed by atoms with E-state index in [1.54, 1.807) is 18.4 Å². The molecule has 22 heavy (non-hydrogen) atoms. The molecule has 1 amide bonds. The summed E-state index contributed by atoms with van der Waals surface area (Å²) in [5.74, 6) is 1.56. The van der Waals surface area contributed by atoms with Crippen molar-refractivity contribution in [2.45, 2.75) is 25.8 Å².